The molecule has 0 amide bonds. The van der Waals surface area contributed by atoms with Crippen LogP contribution in [0.25, 0.3) is 0 Å². The number of aromatic carboxylic acids is 1. The van der Waals surface area contributed by atoms with Crippen molar-refractivity contribution < 1.29 is 14.6 Å². The van der Waals surface area contributed by atoms with E-state index < -0.39 is 5.97 Å². The second kappa shape index (κ2) is 5.97. The van der Waals surface area contributed by atoms with Gasteiger partial charge in [0.1, 0.15) is 12.4 Å². The van der Waals surface area contributed by atoms with E-state index in [4.69, 9.17) is 9.84 Å². The van der Waals surface area contributed by atoms with Gasteiger partial charge in [0.25, 0.3) is 0 Å². The topological polar surface area (TPSA) is 64.4 Å². The second-order valence-corrected chi connectivity index (χ2v) is 5.86. The van der Waals surface area contributed by atoms with Gasteiger partial charge in [0.15, 0.2) is 0 Å². The van der Waals surface area contributed by atoms with Crippen LogP contribution in [-0.2, 0) is 13.7 Å². The van der Waals surface area contributed by atoms with E-state index in [1.165, 1.54) is 12.1 Å². The molecule has 1 heterocycles. The molecular formula is C13H12Br2N2O3. The molecule has 20 heavy (non-hydrogen) atoms. The molecule has 0 radical (unpaired) electrons. The molecule has 2 aromatic rings. The SMILES string of the molecule is Cc1nn(C)c(COc2cc(C(=O)O)ccc2Br)c1Br. The number of hydrogen-bond donors (Lipinski definition) is 1. The molecule has 106 valence electrons. The molecule has 0 saturated heterocycles. The van der Waals surface area contributed by atoms with Crippen molar-refractivity contribution in [1.82, 2.24) is 9.78 Å². The van der Waals surface area contributed by atoms with Crippen molar-refractivity contribution in [3.8, 4) is 5.75 Å². The fraction of sp³-hybridized carbons (Fsp3) is 0.231. The number of aromatic nitrogens is 2. The van der Waals surface area contributed by atoms with Gasteiger partial charge in [-0.1, -0.05) is 0 Å². The van der Waals surface area contributed by atoms with Gasteiger partial charge in [-0.2, -0.15) is 5.10 Å². The highest BCUT2D eigenvalue weighted by Crippen LogP contribution is 2.28. The van der Waals surface area contributed by atoms with Crippen molar-refractivity contribution in [3.05, 3.63) is 44.1 Å². The molecule has 7 heteroatoms. The first-order valence-electron chi connectivity index (χ1n) is 5.73. The smallest absolute Gasteiger partial charge is 0.335 e. The Balaban J connectivity index is 2.22. The number of aryl methyl sites for hydroxylation is 2. The van der Waals surface area contributed by atoms with E-state index >= 15 is 0 Å². The lowest BCUT2D eigenvalue weighted by Crippen LogP contribution is -2.05. The van der Waals surface area contributed by atoms with E-state index in [-0.39, 0.29) is 5.56 Å². The number of halogens is 2. The molecule has 0 aliphatic rings. The molecule has 0 aliphatic carbocycles. The summed E-state index contributed by atoms with van der Waals surface area (Å²) in [5.74, 6) is -0.504. The highest BCUT2D eigenvalue weighted by molar-refractivity contribution is 9.10. The van der Waals surface area contributed by atoms with Crippen molar-refractivity contribution in [2.45, 2.75) is 13.5 Å². The summed E-state index contributed by atoms with van der Waals surface area (Å²) in [5.41, 5.74) is 1.95. The standard InChI is InChI=1S/C13H12Br2N2O3/c1-7-12(15)10(17(2)16-7)6-20-11-5-8(13(18)19)3-4-9(11)14/h3-5H,6H2,1-2H3,(H,18,19). The lowest BCUT2D eigenvalue weighted by atomic mass is 10.2. The lowest BCUT2D eigenvalue weighted by Gasteiger charge is -2.09. The summed E-state index contributed by atoms with van der Waals surface area (Å²) in [6, 6.07) is 4.66. The number of ether oxygens (including phenoxy) is 1. The Bertz CT molecular complexity index is 668. The van der Waals surface area contributed by atoms with Crippen molar-refractivity contribution in [3.63, 3.8) is 0 Å². The summed E-state index contributed by atoms with van der Waals surface area (Å²) in [6.45, 7) is 2.19. The summed E-state index contributed by atoms with van der Waals surface area (Å²) in [5, 5.41) is 13.3. The van der Waals surface area contributed by atoms with Gasteiger partial charge in [-0.3, -0.25) is 4.68 Å². The minimum absolute atomic E-state index is 0.184. The highest BCUT2D eigenvalue weighted by atomic mass is 79.9. The monoisotopic (exact) mass is 402 g/mol. The first-order valence-corrected chi connectivity index (χ1v) is 7.32. The van der Waals surface area contributed by atoms with Crippen molar-refractivity contribution in [2.75, 3.05) is 0 Å². The Morgan fingerprint density at radius 1 is 1.45 bits per heavy atom. The Hall–Kier alpha value is -1.34. The van der Waals surface area contributed by atoms with Gasteiger partial charge in [-0.15, -0.1) is 0 Å². The summed E-state index contributed by atoms with van der Waals surface area (Å²) in [7, 11) is 1.83. The van der Waals surface area contributed by atoms with Gasteiger partial charge >= 0.3 is 5.97 Å². The largest absolute Gasteiger partial charge is 0.486 e. The van der Waals surface area contributed by atoms with Gasteiger partial charge in [-0.05, 0) is 57.0 Å². The quantitative estimate of drug-likeness (QED) is 0.847. The Morgan fingerprint density at radius 2 is 2.15 bits per heavy atom. The van der Waals surface area contributed by atoms with E-state index in [1.807, 2.05) is 14.0 Å². The normalized spacial score (nSPS) is 10.6. The lowest BCUT2D eigenvalue weighted by molar-refractivity contribution is 0.0696. The van der Waals surface area contributed by atoms with Crippen LogP contribution in [0.4, 0.5) is 0 Å². The van der Waals surface area contributed by atoms with Crippen LogP contribution in [0.15, 0.2) is 27.1 Å². The third kappa shape index (κ3) is 3.04. The molecule has 1 aromatic carbocycles. The summed E-state index contributed by atoms with van der Waals surface area (Å²) >= 11 is 6.80. The first kappa shape index (κ1) is 15.1. The number of benzene rings is 1. The molecule has 1 N–H and O–H groups in total. The van der Waals surface area contributed by atoms with E-state index in [2.05, 4.69) is 37.0 Å². The van der Waals surface area contributed by atoms with E-state index in [1.54, 1.807) is 10.7 Å². The molecule has 5 nitrogen and oxygen atoms in total. The number of rotatable bonds is 4. The number of carbonyl (C=O) groups is 1. The fourth-order valence-corrected chi connectivity index (χ4v) is 2.54. The minimum atomic E-state index is -0.986. The van der Waals surface area contributed by atoms with Crippen molar-refractivity contribution in [1.29, 1.82) is 0 Å². The van der Waals surface area contributed by atoms with Gasteiger partial charge in [-0.25, -0.2) is 4.79 Å². The third-order valence-corrected chi connectivity index (χ3v) is 4.49. The third-order valence-electron chi connectivity index (χ3n) is 2.80. The Labute approximate surface area is 132 Å². The molecule has 0 unspecified atom stereocenters. The van der Waals surface area contributed by atoms with Gasteiger partial charge in [0.05, 0.1) is 25.9 Å². The number of carboxylic acid groups (broad SMARTS) is 1. The maximum absolute atomic E-state index is 11.0. The Kier molecular flexibility index (Phi) is 4.49. The average molecular weight is 404 g/mol. The molecule has 0 fully saturated rings. The number of carboxylic acids is 1. The molecular weight excluding hydrogens is 392 g/mol. The Morgan fingerprint density at radius 3 is 2.70 bits per heavy atom. The summed E-state index contributed by atoms with van der Waals surface area (Å²) < 4.78 is 9.02. The van der Waals surface area contributed by atoms with Gasteiger partial charge in [0, 0.05) is 7.05 Å². The molecule has 0 bridgehead atoms. The van der Waals surface area contributed by atoms with Crippen LogP contribution in [-0.4, -0.2) is 20.9 Å². The molecule has 0 aliphatic heterocycles. The molecule has 1 aromatic heterocycles. The van der Waals surface area contributed by atoms with Crippen LogP contribution >= 0.6 is 31.9 Å². The molecule has 0 atom stereocenters. The van der Waals surface area contributed by atoms with Crippen LogP contribution in [0, 0.1) is 6.92 Å². The van der Waals surface area contributed by atoms with Gasteiger partial charge in [0.2, 0.25) is 0 Å². The number of hydrogen-bond acceptors (Lipinski definition) is 3. The van der Waals surface area contributed by atoms with Crippen molar-refractivity contribution in [2.24, 2.45) is 7.05 Å². The van der Waals surface area contributed by atoms with Crippen molar-refractivity contribution >= 4 is 37.8 Å². The van der Waals surface area contributed by atoms with E-state index in [0.29, 0.717) is 16.8 Å². The molecule has 0 saturated carbocycles. The zero-order chi connectivity index (χ0) is 14.9. The zero-order valence-corrected chi connectivity index (χ0v) is 14.0. The fourth-order valence-electron chi connectivity index (χ4n) is 1.73. The minimum Gasteiger partial charge on any atom is -0.486 e. The number of nitrogens with zero attached hydrogens (tertiary/aromatic N) is 2. The van der Waals surface area contributed by atoms with Crippen LogP contribution in [0.2, 0.25) is 0 Å². The average Bonchev–Trinajstić information content (AvgIpc) is 2.63. The predicted molar refractivity (Wildman–Crippen MR) is 81.1 cm³/mol. The van der Waals surface area contributed by atoms with E-state index in [9.17, 15) is 4.79 Å². The highest BCUT2D eigenvalue weighted by Gasteiger charge is 2.13. The second-order valence-electron chi connectivity index (χ2n) is 4.21. The predicted octanol–water partition coefficient (Wildman–Crippen LogP) is 3.53. The maximum atomic E-state index is 11.0. The van der Waals surface area contributed by atoms with Gasteiger partial charge < -0.3 is 9.84 Å². The van der Waals surface area contributed by atoms with Crippen LogP contribution < -0.4 is 4.74 Å². The van der Waals surface area contributed by atoms with Crippen LogP contribution in [0.3, 0.4) is 0 Å². The molecule has 0 spiro atoms. The summed E-state index contributed by atoms with van der Waals surface area (Å²) in [4.78, 5) is 11.0. The summed E-state index contributed by atoms with van der Waals surface area (Å²) in [6.07, 6.45) is 0. The van der Waals surface area contributed by atoms with E-state index in [0.717, 1.165) is 15.9 Å². The van der Waals surface area contributed by atoms with Crippen LogP contribution in [0.1, 0.15) is 21.7 Å². The maximum Gasteiger partial charge on any atom is 0.335 e. The first-order chi connectivity index (χ1) is 9.40. The molecule has 2 rings (SSSR count). The zero-order valence-electron chi connectivity index (χ0n) is 10.9. The van der Waals surface area contributed by atoms with Crippen LogP contribution in [0.5, 0.6) is 5.75 Å².